The third-order valence-corrected chi connectivity index (χ3v) is 5.13. The van der Waals surface area contributed by atoms with E-state index in [1.807, 2.05) is 42.8 Å². The van der Waals surface area contributed by atoms with Crippen molar-refractivity contribution in [2.45, 2.75) is 12.1 Å². The van der Waals surface area contributed by atoms with Gasteiger partial charge in [-0.1, -0.05) is 36.0 Å². The molecule has 7 heteroatoms. The van der Waals surface area contributed by atoms with E-state index in [4.69, 9.17) is 0 Å². The van der Waals surface area contributed by atoms with Gasteiger partial charge >= 0.3 is 0 Å². The lowest BCUT2D eigenvalue weighted by molar-refractivity contribution is 0.603. The molecule has 0 atom stereocenters. The van der Waals surface area contributed by atoms with Crippen molar-refractivity contribution in [2.75, 3.05) is 17.8 Å². The van der Waals surface area contributed by atoms with Gasteiger partial charge in [-0.05, 0) is 12.5 Å². The number of aromatic nitrogens is 3. The molecule has 0 aliphatic rings. The predicted molar refractivity (Wildman–Crippen MR) is 81.6 cm³/mol. The zero-order valence-electron chi connectivity index (χ0n) is 11.7. The Morgan fingerprint density at radius 1 is 1.25 bits per heavy atom. The summed E-state index contributed by atoms with van der Waals surface area (Å²) in [5, 5.41) is 9.07. The maximum Gasteiger partial charge on any atom is 0.191 e. The van der Waals surface area contributed by atoms with Gasteiger partial charge in [0.15, 0.2) is 11.0 Å². The normalized spacial score (nSPS) is 11.8. The number of aryl methyl sites for hydroxylation is 1. The summed E-state index contributed by atoms with van der Waals surface area (Å²) in [6.07, 6.45) is 1.24. The number of hydrogen-bond acceptors (Lipinski definition) is 5. The average molecular weight is 311 g/mol. The first-order chi connectivity index (χ1) is 9.38. The fourth-order valence-electron chi connectivity index (χ4n) is 1.78. The van der Waals surface area contributed by atoms with Crippen LogP contribution in [0.15, 0.2) is 29.4 Å². The number of thioether (sulfide) groups is 1. The number of sulfone groups is 1. The van der Waals surface area contributed by atoms with Crippen LogP contribution in [0.2, 0.25) is 0 Å². The predicted octanol–water partition coefficient (Wildman–Crippen LogP) is 1.93. The highest BCUT2D eigenvalue weighted by atomic mass is 32.2. The van der Waals surface area contributed by atoms with Gasteiger partial charge in [0, 0.05) is 24.6 Å². The van der Waals surface area contributed by atoms with Gasteiger partial charge in [0.1, 0.15) is 9.84 Å². The fourth-order valence-corrected chi connectivity index (χ4v) is 3.89. The zero-order valence-corrected chi connectivity index (χ0v) is 13.3. The van der Waals surface area contributed by atoms with E-state index in [1.54, 1.807) is 0 Å². The summed E-state index contributed by atoms with van der Waals surface area (Å²) in [6, 6.07) is 7.98. The summed E-state index contributed by atoms with van der Waals surface area (Å²) >= 11 is 1.41. The Bertz CT molecular complexity index is 708. The third kappa shape index (κ3) is 3.61. The second-order valence-electron chi connectivity index (χ2n) is 4.66. The van der Waals surface area contributed by atoms with Crippen LogP contribution in [0.3, 0.4) is 0 Å². The standard InChI is InChI=1S/C13H17N3O2S2/c1-10-6-4-5-7-11(10)12-14-15-13(16(12)2)19-8-9-20(3,17)18/h4-7H,8-9H2,1-3H3. The van der Waals surface area contributed by atoms with Crippen LogP contribution in [0.25, 0.3) is 11.4 Å². The molecule has 0 unspecified atom stereocenters. The minimum Gasteiger partial charge on any atom is -0.305 e. The molecule has 1 aromatic heterocycles. The second kappa shape index (κ2) is 5.97. The van der Waals surface area contributed by atoms with Gasteiger partial charge in [-0.2, -0.15) is 0 Å². The molecule has 0 spiro atoms. The summed E-state index contributed by atoms with van der Waals surface area (Å²) in [7, 11) is -1.04. The molecule has 0 aliphatic heterocycles. The van der Waals surface area contributed by atoms with Gasteiger partial charge in [0.05, 0.1) is 5.75 Å². The molecule has 5 nitrogen and oxygen atoms in total. The molecule has 0 fully saturated rings. The third-order valence-electron chi connectivity index (χ3n) is 2.91. The van der Waals surface area contributed by atoms with Crippen LogP contribution in [0.4, 0.5) is 0 Å². The Morgan fingerprint density at radius 3 is 2.60 bits per heavy atom. The van der Waals surface area contributed by atoms with E-state index >= 15 is 0 Å². The van der Waals surface area contributed by atoms with Crippen molar-refractivity contribution in [3.8, 4) is 11.4 Å². The summed E-state index contributed by atoms with van der Waals surface area (Å²) in [6.45, 7) is 2.03. The van der Waals surface area contributed by atoms with Crippen LogP contribution in [-0.4, -0.2) is 40.9 Å². The maximum absolute atomic E-state index is 11.1. The Morgan fingerprint density at radius 2 is 1.95 bits per heavy atom. The molecule has 0 radical (unpaired) electrons. The van der Waals surface area contributed by atoms with Gasteiger partial charge < -0.3 is 4.57 Å². The lowest BCUT2D eigenvalue weighted by Gasteiger charge is -2.06. The van der Waals surface area contributed by atoms with Crippen LogP contribution in [-0.2, 0) is 16.9 Å². The van der Waals surface area contributed by atoms with E-state index in [0.717, 1.165) is 22.1 Å². The number of benzene rings is 1. The topological polar surface area (TPSA) is 64.8 Å². The Balaban J connectivity index is 2.18. The highest BCUT2D eigenvalue weighted by molar-refractivity contribution is 8.00. The molecule has 1 heterocycles. The molecular weight excluding hydrogens is 294 g/mol. The van der Waals surface area contributed by atoms with Crippen molar-refractivity contribution in [2.24, 2.45) is 7.05 Å². The summed E-state index contributed by atoms with van der Waals surface area (Å²) in [4.78, 5) is 0. The summed E-state index contributed by atoms with van der Waals surface area (Å²) < 4.78 is 24.1. The van der Waals surface area contributed by atoms with E-state index in [-0.39, 0.29) is 5.75 Å². The number of nitrogens with zero attached hydrogens (tertiary/aromatic N) is 3. The first-order valence-electron chi connectivity index (χ1n) is 6.14. The quantitative estimate of drug-likeness (QED) is 0.789. The molecule has 0 saturated carbocycles. The Hall–Kier alpha value is -1.34. The lowest BCUT2D eigenvalue weighted by atomic mass is 10.1. The SMILES string of the molecule is Cc1ccccc1-c1nnc(SCCS(C)(=O)=O)n1C. The van der Waals surface area contributed by atoms with Crippen molar-refractivity contribution in [3.05, 3.63) is 29.8 Å². The minimum absolute atomic E-state index is 0.143. The van der Waals surface area contributed by atoms with Gasteiger partial charge in [-0.15, -0.1) is 10.2 Å². The van der Waals surface area contributed by atoms with Crippen LogP contribution >= 0.6 is 11.8 Å². The first-order valence-corrected chi connectivity index (χ1v) is 9.19. The van der Waals surface area contributed by atoms with Gasteiger partial charge in [-0.25, -0.2) is 8.42 Å². The molecule has 0 aliphatic carbocycles. The molecule has 0 amide bonds. The van der Waals surface area contributed by atoms with Crippen LogP contribution in [0, 0.1) is 6.92 Å². The molecule has 108 valence electrons. The largest absolute Gasteiger partial charge is 0.305 e. The van der Waals surface area contributed by atoms with E-state index < -0.39 is 9.84 Å². The van der Waals surface area contributed by atoms with Crippen LogP contribution < -0.4 is 0 Å². The van der Waals surface area contributed by atoms with Gasteiger partial charge in [0.25, 0.3) is 0 Å². The van der Waals surface area contributed by atoms with Crippen LogP contribution in [0.5, 0.6) is 0 Å². The summed E-state index contributed by atoms with van der Waals surface area (Å²) in [5.74, 6) is 1.42. The van der Waals surface area contributed by atoms with Crippen molar-refractivity contribution in [3.63, 3.8) is 0 Å². The average Bonchev–Trinajstić information content (AvgIpc) is 2.70. The summed E-state index contributed by atoms with van der Waals surface area (Å²) in [5.41, 5.74) is 2.17. The van der Waals surface area contributed by atoms with Gasteiger partial charge in [-0.3, -0.25) is 0 Å². The molecule has 1 aromatic carbocycles. The van der Waals surface area contributed by atoms with E-state index in [0.29, 0.717) is 5.75 Å². The monoisotopic (exact) mass is 311 g/mol. The molecule has 0 saturated heterocycles. The first kappa shape index (κ1) is 15.1. The zero-order chi connectivity index (χ0) is 14.8. The number of rotatable bonds is 5. The van der Waals surface area contributed by atoms with E-state index in [9.17, 15) is 8.42 Å². The molecule has 2 rings (SSSR count). The minimum atomic E-state index is -2.94. The highest BCUT2D eigenvalue weighted by Crippen LogP contribution is 2.24. The maximum atomic E-state index is 11.1. The fraction of sp³-hybridized carbons (Fsp3) is 0.385. The molecule has 0 N–H and O–H groups in total. The highest BCUT2D eigenvalue weighted by Gasteiger charge is 2.13. The number of hydrogen-bond donors (Lipinski definition) is 0. The van der Waals surface area contributed by atoms with E-state index in [1.165, 1.54) is 18.0 Å². The Labute approximate surface area is 123 Å². The van der Waals surface area contributed by atoms with Crippen molar-refractivity contribution in [1.29, 1.82) is 0 Å². The molecule has 0 bridgehead atoms. The lowest BCUT2D eigenvalue weighted by Crippen LogP contribution is -2.06. The molecular formula is C13H17N3O2S2. The van der Waals surface area contributed by atoms with E-state index in [2.05, 4.69) is 10.2 Å². The molecule has 2 aromatic rings. The van der Waals surface area contributed by atoms with Crippen LogP contribution in [0.1, 0.15) is 5.56 Å². The van der Waals surface area contributed by atoms with Gasteiger partial charge in [0.2, 0.25) is 0 Å². The van der Waals surface area contributed by atoms with Crippen molar-refractivity contribution >= 4 is 21.6 Å². The van der Waals surface area contributed by atoms with Crippen molar-refractivity contribution < 1.29 is 8.42 Å². The Kier molecular flexibility index (Phi) is 4.49. The second-order valence-corrected chi connectivity index (χ2v) is 7.98. The van der Waals surface area contributed by atoms with Crippen molar-refractivity contribution in [1.82, 2.24) is 14.8 Å². The molecule has 20 heavy (non-hydrogen) atoms. The smallest absolute Gasteiger partial charge is 0.191 e.